The Balaban J connectivity index is 1.74. The number of carbonyl (C=O) groups is 2. The van der Waals surface area contributed by atoms with Crippen LogP contribution in [0.2, 0.25) is 5.02 Å². The van der Waals surface area contributed by atoms with Crippen LogP contribution in [-0.4, -0.2) is 61.8 Å². The minimum absolute atomic E-state index is 0.0532. The zero-order valence-electron chi connectivity index (χ0n) is 16.3. The fourth-order valence-electron chi connectivity index (χ4n) is 3.03. The summed E-state index contributed by atoms with van der Waals surface area (Å²) in [7, 11) is -0.979. The summed E-state index contributed by atoms with van der Waals surface area (Å²) < 4.78 is 25.8. The number of amides is 2. The maximum atomic E-state index is 12.8. The zero-order chi connectivity index (χ0) is 21.5. The van der Waals surface area contributed by atoms with Gasteiger partial charge in [-0.1, -0.05) is 11.6 Å². The minimum atomic E-state index is -3.77. The van der Waals surface area contributed by atoms with Crippen LogP contribution in [0.4, 0.5) is 5.69 Å². The molecule has 1 aromatic carbocycles. The van der Waals surface area contributed by atoms with Crippen LogP contribution in [0.15, 0.2) is 38.6 Å². The molecule has 11 heteroatoms. The van der Waals surface area contributed by atoms with E-state index >= 15 is 0 Å². The first-order valence-electron chi connectivity index (χ1n) is 8.72. The number of fused-ring (bicyclic) bond motifs is 1. The summed E-state index contributed by atoms with van der Waals surface area (Å²) in [5.74, 6) is -0.998. The molecule has 3 rings (SSSR count). The van der Waals surface area contributed by atoms with Crippen molar-refractivity contribution in [2.45, 2.75) is 24.1 Å². The fourth-order valence-corrected chi connectivity index (χ4v) is 5.67. The number of nitrogens with one attached hydrogen (secondary N) is 1. The van der Waals surface area contributed by atoms with E-state index in [9.17, 15) is 18.0 Å². The highest BCUT2D eigenvalue weighted by molar-refractivity contribution is 8.04. The van der Waals surface area contributed by atoms with E-state index in [2.05, 4.69) is 10.3 Å². The summed E-state index contributed by atoms with van der Waals surface area (Å²) in [6.45, 7) is 3.64. The number of thioether (sulfide) groups is 1. The zero-order valence-corrected chi connectivity index (χ0v) is 18.7. The van der Waals surface area contributed by atoms with E-state index in [-0.39, 0.29) is 39.3 Å². The normalized spacial score (nSPS) is 21.7. The van der Waals surface area contributed by atoms with E-state index in [0.717, 1.165) is 14.8 Å². The van der Waals surface area contributed by atoms with Crippen LogP contribution in [0.5, 0.6) is 0 Å². The number of carbonyl (C=O) groups excluding carboxylic acids is 2. The van der Waals surface area contributed by atoms with E-state index in [1.165, 1.54) is 43.5 Å². The Labute approximate surface area is 179 Å². The molecule has 0 aromatic heterocycles. The van der Waals surface area contributed by atoms with Gasteiger partial charge in [0.15, 0.2) is 0 Å². The summed E-state index contributed by atoms with van der Waals surface area (Å²) in [5.41, 5.74) is 1.24. The van der Waals surface area contributed by atoms with E-state index in [4.69, 9.17) is 11.6 Å². The Morgan fingerprint density at radius 2 is 2.03 bits per heavy atom. The van der Waals surface area contributed by atoms with Gasteiger partial charge in [-0.2, -0.15) is 0 Å². The largest absolute Gasteiger partial charge is 0.324 e. The number of halogens is 1. The first-order valence-corrected chi connectivity index (χ1v) is 11.4. The number of benzene rings is 1. The number of hydrogen-bond acceptors (Lipinski definition) is 6. The molecule has 0 saturated heterocycles. The van der Waals surface area contributed by atoms with Crippen LogP contribution < -0.4 is 5.32 Å². The lowest BCUT2D eigenvalue weighted by Crippen LogP contribution is -2.45. The van der Waals surface area contributed by atoms with Crippen LogP contribution in [0.25, 0.3) is 0 Å². The first-order chi connectivity index (χ1) is 13.5. The van der Waals surface area contributed by atoms with Gasteiger partial charge in [-0.15, -0.1) is 11.8 Å². The molecule has 2 atom stereocenters. The standard InChI is InChI=1S/C18H21ClN4O4S2/c1-10-11(2)28-17-16(10)18(25)23(9-20-17)8-15(24)21-12-5-6-13(19)14(7-12)29(26,27)22(3)4/h5-7,9,16-17H,8H2,1-4H3,(H,21,24)/t16-,17+/m0/s1. The van der Waals surface area contributed by atoms with Crippen LogP contribution in [0.3, 0.4) is 0 Å². The molecule has 29 heavy (non-hydrogen) atoms. The van der Waals surface area contributed by atoms with Gasteiger partial charge in [0, 0.05) is 19.8 Å². The molecular weight excluding hydrogens is 436 g/mol. The quantitative estimate of drug-likeness (QED) is 0.733. The highest BCUT2D eigenvalue weighted by atomic mass is 35.5. The molecule has 2 heterocycles. The smallest absolute Gasteiger partial charge is 0.244 e. The third-order valence-electron chi connectivity index (χ3n) is 4.79. The third-order valence-corrected chi connectivity index (χ3v) is 8.40. The van der Waals surface area contributed by atoms with E-state index < -0.39 is 15.9 Å². The van der Waals surface area contributed by atoms with E-state index in [1.54, 1.807) is 11.8 Å². The Morgan fingerprint density at radius 1 is 1.34 bits per heavy atom. The maximum absolute atomic E-state index is 12.8. The summed E-state index contributed by atoms with van der Waals surface area (Å²) in [6, 6.07) is 4.20. The summed E-state index contributed by atoms with van der Waals surface area (Å²) >= 11 is 7.57. The second-order valence-corrected chi connectivity index (χ2v) is 10.8. The molecule has 156 valence electrons. The maximum Gasteiger partial charge on any atom is 0.244 e. The third kappa shape index (κ3) is 4.20. The highest BCUT2D eigenvalue weighted by Crippen LogP contribution is 2.44. The van der Waals surface area contributed by atoms with Gasteiger partial charge in [-0.25, -0.2) is 12.7 Å². The molecule has 1 aromatic rings. The van der Waals surface area contributed by atoms with Gasteiger partial charge in [-0.05, 0) is 42.5 Å². The molecule has 2 amide bonds. The first kappa shape index (κ1) is 21.8. The molecule has 0 spiro atoms. The predicted octanol–water partition coefficient (Wildman–Crippen LogP) is 2.38. The number of sulfonamides is 1. The Hall–Kier alpha value is -1.88. The lowest BCUT2D eigenvalue weighted by atomic mass is 9.98. The Kier molecular flexibility index (Phi) is 6.09. The average molecular weight is 457 g/mol. The molecule has 0 saturated carbocycles. The Bertz CT molecular complexity index is 1040. The second-order valence-electron chi connectivity index (χ2n) is 6.94. The van der Waals surface area contributed by atoms with Crippen molar-refractivity contribution >= 4 is 57.2 Å². The second kappa shape index (κ2) is 8.10. The lowest BCUT2D eigenvalue weighted by molar-refractivity contribution is -0.133. The molecule has 0 fully saturated rings. The number of aliphatic imine (C=N–C) groups is 1. The van der Waals surface area contributed by atoms with Crippen molar-refractivity contribution in [1.82, 2.24) is 9.21 Å². The topological polar surface area (TPSA) is 99.2 Å². The van der Waals surface area contributed by atoms with Gasteiger partial charge in [0.25, 0.3) is 0 Å². The average Bonchev–Trinajstić information content (AvgIpc) is 2.93. The minimum Gasteiger partial charge on any atom is -0.324 e. The molecule has 2 aliphatic heterocycles. The van der Waals surface area contributed by atoms with Crippen molar-refractivity contribution in [3.8, 4) is 0 Å². The van der Waals surface area contributed by atoms with Crippen molar-refractivity contribution in [1.29, 1.82) is 0 Å². The number of nitrogens with zero attached hydrogens (tertiary/aromatic N) is 3. The van der Waals surface area contributed by atoms with Crippen molar-refractivity contribution in [3.63, 3.8) is 0 Å². The van der Waals surface area contributed by atoms with Crippen molar-refractivity contribution < 1.29 is 18.0 Å². The molecule has 0 radical (unpaired) electrons. The Morgan fingerprint density at radius 3 is 2.69 bits per heavy atom. The molecule has 2 aliphatic rings. The summed E-state index contributed by atoms with van der Waals surface area (Å²) in [4.78, 5) is 31.9. The molecular formula is C18H21ClN4O4S2. The van der Waals surface area contributed by atoms with Gasteiger partial charge in [-0.3, -0.25) is 19.5 Å². The van der Waals surface area contributed by atoms with Gasteiger partial charge in [0.2, 0.25) is 21.8 Å². The van der Waals surface area contributed by atoms with E-state index in [1.807, 2.05) is 13.8 Å². The highest BCUT2D eigenvalue weighted by Gasteiger charge is 2.41. The van der Waals surface area contributed by atoms with Gasteiger partial charge in [0.1, 0.15) is 16.8 Å². The van der Waals surface area contributed by atoms with Gasteiger partial charge < -0.3 is 5.32 Å². The van der Waals surface area contributed by atoms with Crippen molar-refractivity contribution in [2.75, 3.05) is 26.0 Å². The van der Waals surface area contributed by atoms with Crippen LogP contribution >= 0.6 is 23.4 Å². The molecule has 0 aliphatic carbocycles. The fraction of sp³-hybridized carbons (Fsp3) is 0.389. The molecule has 1 N–H and O–H groups in total. The number of rotatable bonds is 5. The van der Waals surface area contributed by atoms with E-state index in [0.29, 0.717) is 0 Å². The summed E-state index contributed by atoms with van der Waals surface area (Å²) in [5, 5.41) is 2.50. The van der Waals surface area contributed by atoms with Crippen LogP contribution in [0, 0.1) is 5.92 Å². The molecule has 0 bridgehead atoms. The van der Waals surface area contributed by atoms with Gasteiger partial charge >= 0.3 is 0 Å². The van der Waals surface area contributed by atoms with Crippen molar-refractivity contribution in [2.24, 2.45) is 10.9 Å². The monoisotopic (exact) mass is 456 g/mol. The van der Waals surface area contributed by atoms with Gasteiger partial charge in [0.05, 0.1) is 17.3 Å². The number of anilines is 1. The SMILES string of the molecule is CC1=C(C)[C@@H]2C(=O)N(CC(=O)Nc3ccc(Cl)c(S(=O)(=O)N(C)C)c3)C=N[C@@H]2S1. The van der Waals surface area contributed by atoms with Crippen LogP contribution in [0.1, 0.15) is 13.8 Å². The predicted molar refractivity (Wildman–Crippen MR) is 114 cm³/mol. The molecule has 8 nitrogen and oxygen atoms in total. The lowest BCUT2D eigenvalue weighted by Gasteiger charge is -2.28. The number of allylic oxidation sites excluding steroid dienone is 1. The van der Waals surface area contributed by atoms with Crippen molar-refractivity contribution in [3.05, 3.63) is 33.7 Å². The van der Waals surface area contributed by atoms with Crippen LogP contribution in [-0.2, 0) is 19.6 Å². The summed E-state index contributed by atoms with van der Waals surface area (Å²) in [6.07, 6.45) is 1.39. The molecule has 0 unspecified atom stereocenters. The number of hydrogen-bond donors (Lipinski definition) is 1.